The Bertz CT molecular complexity index is 1700. The smallest absolute Gasteiger partial charge is 0.404 e. The van der Waals surface area contributed by atoms with Crippen LogP contribution in [0.25, 0.3) is 0 Å². The van der Waals surface area contributed by atoms with Crippen LogP contribution in [0.2, 0.25) is 0 Å². The van der Waals surface area contributed by atoms with Gasteiger partial charge in [0, 0.05) is 39.1 Å². The standard InChI is InChI=1S/C49H77N3O12/c1-29-14-9-8-10-15-31(3)41(60-6)28-35-16-13-18-40(62-35)45(55)47(57)52-23-12-11-17-37(52)48(58)63-38(36(50)26-34-20-22-39(64-49(51)59)42(27-34)61-7)21-19-30(2)25-33(5)44(54)46(56)43(53)32(4)24-29/h8-10,14-15,25,29-30,32,34-42,44,46,54,56H,11-13,16-24,26-28,50H2,1-7H3,(H2,51,59)/b10-8?,14-9+,31-15?,33-25+/t29-,30+,32-,34+,35+,36-,37+,38?,39-,40?,41+,42-,44-,46+/m1/s1. The van der Waals surface area contributed by atoms with Crippen molar-refractivity contribution in [3.05, 3.63) is 47.6 Å². The first-order valence-electron chi connectivity index (χ1n) is 23.5. The monoisotopic (exact) mass is 900 g/mol. The number of hydrogen-bond donors (Lipinski definition) is 4. The Morgan fingerprint density at radius 1 is 0.828 bits per heavy atom. The van der Waals surface area contributed by atoms with Crippen molar-refractivity contribution in [1.82, 2.24) is 4.90 Å². The number of Topliss-reactive ketones (excluding diaryl/α,β-unsaturated/α-hetero) is 2. The highest BCUT2D eigenvalue weighted by molar-refractivity contribution is 6.38. The van der Waals surface area contributed by atoms with E-state index in [2.05, 4.69) is 0 Å². The van der Waals surface area contributed by atoms with Crippen molar-refractivity contribution in [3.8, 4) is 0 Å². The summed E-state index contributed by atoms with van der Waals surface area (Å²) in [6, 6.07) is -1.61. The van der Waals surface area contributed by atoms with Crippen LogP contribution in [-0.2, 0) is 42.9 Å². The van der Waals surface area contributed by atoms with Crippen LogP contribution in [-0.4, -0.2) is 126 Å². The third-order valence-electron chi connectivity index (χ3n) is 13.7. The normalized spacial score (nSPS) is 37.0. The van der Waals surface area contributed by atoms with Gasteiger partial charge in [0.15, 0.2) is 5.78 Å². The number of ether oxygens (including phenoxy) is 5. The minimum atomic E-state index is -1.60. The molecule has 0 aromatic heterocycles. The number of carbonyl (C=O) groups is 5. The van der Waals surface area contributed by atoms with Gasteiger partial charge in [-0.3, -0.25) is 14.4 Å². The highest BCUT2D eigenvalue weighted by atomic mass is 16.6. The van der Waals surface area contributed by atoms with Crippen LogP contribution in [0.4, 0.5) is 4.79 Å². The van der Waals surface area contributed by atoms with Crippen molar-refractivity contribution in [2.45, 2.75) is 185 Å². The average molecular weight is 900 g/mol. The number of rotatable bonds is 6. The van der Waals surface area contributed by atoms with Crippen molar-refractivity contribution in [3.63, 3.8) is 0 Å². The fourth-order valence-corrected chi connectivity index (χ4v) is 9.87. The topological polar surface area (TPSA) is 227 Å². The molecular formula is C49H77N3O12. The lowest BCUT2D eigenvalue weighted by Gasteiger charge is -2.38. The van der Waals surface area contributed by atoms with Gasteiger partial charge in [-0.25, -0.2) is 9.59 Å². The van der Waals surface area contributed by atoms with Crippen molar-refractivity contribution in [1.29, 1.82) is 0 Å². The van der Waals surface area contributed by atoms with E-state index >= 15 is 0 Å². The summed E-state index contributed by atoms with van der Waals surface area (Å²) in [4.78, 5) is 68.4. The second-order valence-electron chi connectivity index (χ2n) is 18.9. The summed E-state index contributed by atoms with van der Waals surface area (Å²) in [5.41, 5.74) is 13.6. The van der Waals surface area contributed by atoms with Crippen molar-refractivity contribution in [2.75, 3.05) is 20.8 Å². The molecule has 0 spiro atoms. The Balaban J connectivity index is 1.61. The molecule has 0 aromatic rings. The number of aliphatic hydroxyl groups excluding tert-OH is 2. The molecule has 14 atom stereocenters. The molecule has 64 heavy (non-hydrogen) atoms. The van der Waals surface area contributed by atoms with Crippen LogP contribution < -0.4 is 11.5 Å². The van der Waals surface area contributed by atoms with Crippen molar-refractivity contribution < 1.29 is 57.9 Å². The van der Waals surface area contributed by atoms with Gasteiger partial charge in [-0.15, -0.1) is 0 Å². The van der Waals surface area contributed by atoms with E-state index in [-0.39, 0.29) is 42.6 Å². The van der Waals surface area contributed by atoms with Gasteiger partial charge < -0.3 is 50.3 Å². The Hall–Kier alpha value is -3.73. The zero-order chi connectivity index (χ0) is 47.1. The third kappa shape index (κ3) is 15.4. The molecule has 3 fully saturated rings. The van der Waals surface area contributed by atoms with E-state index in [9.17, 15) is 34.2 Å². The molecule has 2 unspecified atom stereocenters. The summed E-state index contributed by atoms with van der Waals surface area (Å²) in [6.45, 7) is 9.54. The number of amides is 2. The van der Waals surface area contributed by atoms with Crippen LogP contribution in [0.5, 0.6) is 0 Å². The van der Waals surface area contributed by atoms with Crippen LogP contribution in [0, 0.1) is 23.7 Å². The number of nitrogens with two attached hydrogens (primary N) is 2. The molecule has 3 heterocycles. The van der Waals surface area contributed by atoms with Gasteiger partial charge in [-0.1, -0.05) is 57.2 Å². The maximum Gasteiger partial charge on any atom is 0.404 e. The van der Waals surface area contributed by atoms with Gasteiger partial charge in [-0.05, 0) is 126 Å². The molecule has 0 radical (unpaired) electrons. The first-order valence-corrected chi connectivity index (χ1v) is 23.5. The van der Waals surface area contributed by atoms with Crippen LogP contribution >= 0.6 is 0 Å². The predicted octanol–water partition coefficient (Wildman–Crippen LogP) is 5.58. The molecule has 15 heteroatoms. The number of fused-ring (bicyclic) bond motifs is 3. The van der Waals surface area contributed by atoms with E-state index in [1.165, 1.54) is 4.90 Å². The Labute approximate surface area is 380 Å². The molecule has 4 rings (SSSR count). The number of methoxy groups -OCH3 is 2. The Kier molecular flexibility index (Phi) is 21.3. The van der Waals surface area contributed by atoms with E-state index in [1.54, 1.807) is 28.1 Å². The number of piperidine rings is 1. The van der Waals surface area contributed by atoms with E-state index in [0.717, 1.165) is 5.57 Å². The number of esters is 1. The van der Waals surface area contributed by atoms with E-state index < -0.39 is 78.1 Å². The zero-order valence-corrected chi connectivity index (χ0v) is 39.2. The second kappa shape index (κ2) is 25.8. The summed E-state index contributed by atoms with van der Waals surface area (Å²) in [6.07, 6.45) is 11.8. The molecule has 1 saturated carbocycles. The Morgan fingerprint density at radius 2 is 1.58 bits per heavy atom. The first-order chi connectivity index (χ1) is 30.4. The van der Waals surface area contributed by atoms with Crippen LogP contribution in [0.1, 0.15) is 125 Å². The fraction of sp³-hybridized carbons (Fsp3) is 0.735. The van der Waals surface area contributed by atoms with Crippen molar-refractivity contribution >= 4 is 29.5 Å². The fourth-order valence-electron chi connectivity index (χ4n) is 9.87. The SMILES string of the molecule is CO[C@H]1C[C@@H]2CCCC(O2)C(=O)C(=O)N2CCCC[C@H]2C(=O)OC([C@H](N)C[C@@H]2CC[C@@H](OC(N)=O)[C@H](OC)C2)CC[C@H](C)/C=C(\C)[C@@H](O)[C@@H](O)C(=O)[C@H](C)C[C@H](C)/C=C/C=CC=C1C. The molecule has 4 aliphatic rings. The Morgan fingerprint density at radius 3 is 2.28 bits per heavy atom. The van der Waals surface area contributed by atoms with E-state index in [1.807, 2.05) is 57.2 Å². The largest absolute Gasteiger partial charge is 0.459 e. The van der Waals surface area contributed by atoms with E-state index in [0.29, 0.717) is 95.5 Å². The lowest BCUT2D eigenvalue weighted by Crippen LogP contribution is -2.54. The summed E-state index contributed by atoms with van der Waals surface area (Å²) in [7, 11) is 3.18. The summed E-state index contributed by atoms with van der Waals surface area (Å²) < 4.78 is 29.4. The van der Waals surface area contributed by atoms with Crippen LogP contribution in [0.15, 0.2) is 47.6 Å². The van der Waals surface area contributed by atoms with Gasteiger partial charge in [-0.2, -0.15) is 0 Å². The first kappa shape index (κ1) is 52.9. The second-order valence-corrected chi connectivity index (χ2v) is 18.9. The maximum absolute atomic E-state index is 14.3. The molecule has 2 saturated heterocycles. The average Bonchev–Trinajstić information content (AvgIpc) is 3.27. The minimum absolute atomic E-state index is 0.0184. The lowest BCUT2D eigenvalue weighted by atomic mass is 9.80. The van der Waals surface area contributed by atoms with E-state index in [4.69, 9.17) is 35.2 Å². The quantitative estimate of drug-likeness (QED) is 0.145. The van der Waals surface area contributed by atoms with Gasteiger partial charge in [0.1, 0.15) is 36.6 Å². The van der Waals surface area contributed by atoms with Gasteiger partial charge in [0.25, 0.3) is 5.91 Å². The van der Waals surface area contributed by atoms with Gasteiger partial charge in [0.2, 0.25) is 5.78 Å². The number of primary amides is 1. The molecule has 15 nitrogen and oxygen atoms in total. The molecular weight excluding hydrogens is 823 g/mol. The highest BCUT2D eigenvalue weighted by Gasteiger charge is 2.42. The molecule has 2 amide bonds. The minimum Gasteiger partial charge on any atom is -0.459 e. The predicted molar refractivity (Wildman–Crippen MR) is 242 cm³/mol. The van der Waals surface area contributed by atoms with Gasteiger partial charge >= 0.3 is 12.1 Å². The summed E-state index contributed by atoms with van der Waals surface area (Å²) in [5.74, 6) is -3.11. The number of allylic oxidation sites excluding steroid dienone is 6. The van der Waals surface area contributed by atoms with Crippen molar-refractivity contribution in [2.24, 2.45) is 35.1 Å². The molecule has 360 valence electrons. The molecule has 3 aliphatic heterocycles. The number of cyclic esters (lactones) is 1. The maximum atomic E-state index is 14.3. The number of carbonyl (C=O) groups excluding carboxylic acids is 5. The number of hydrogen-bond acceptors (Lipinski definition) is 13. The van der Waals surface area contributed by atoms with Crippen LogP contribution in [0.3, 0.4) is 0 Å². The van der Waals surface area contributed by atoms with Gasteiger partial charge in [0.05, 0.1) is 18.3 Å². The summed E-state index contributed by atoms with van der Waals surface area (Å²) in [5, 5.41) is 22.1. The zero-order valence-electron chi connectivity index (χ0n) is 39.2. The molecule has 6 N–H and O–H groups in total. The lowest BCUT2D eigenvalue weighted by molar-refractivity contribution is -0.167. The summed E-state index contributed by atoms with van der Waals surface area (Å²) >= 11 is 0. The molecule has 2 bridgehead atoms. The number of nitrogens with zero attached hydrogens (tertiary/aromatic N) is 1. The number of ketones is 2. The number of aliphatic hydroxyl groups is 2. The highest BCUT2D eigenvalue weighted by Crippen LogP contribution is 2.34. The third-order valence-corrected chi connectivity index (χ3v) is 13.7. The molecule has 1 aliphatic carbocycles. The molecule has 0 aromatic carbocycles.